The summed E-state index contributed by atoms with van der Waals surface area (Å²) in [4.78, 5) is 26.4. The Bertz CT molecular complexity index is 1750. The first-order chi connectivity index (χ1) is 19.8. The van der Waals surface area contributed by atoms with E-state index in [0.29, 0.717) is 45.2 Å². The number of nitrogens with zero attached hydrogens (tertiary/aromatic N) is 7. The van der Waals surface area contributed by atoms with Crippen LogP contribution < -0.4 is 14.2 Å². The summed E-state index contributed by atoms with van der Waals surface area (Å²) in [6.45, 7) is 0.0395. The molecule has 0 saturated heterocycles. The van der Waals surface area contributed by atoms with Crippen LogP contribution in [0.4, 0.5) is 13.2 Å². The second-order valence-electron chi connectivity index (χ2n) is 9.51. The number of aryl methyl sites for hydroxylation is 1. The molecule has 1 fully saturated rings. The summed E-state index contributed by atoms with van der Waals surface area (Å²) in [7, 11) is 4.52. The average molecular weight is 564 g/mol. The summed E-state index contributed by atoms with van der Waals surface area (Å²) in [5.74, 6) is 1.83. The molecule has 1 aromatic carbocycles. The van der Waals surface area contributed by atoms with Crippen molar-refractivity contribution in [2.24, 2.45) is 7.05 Å². The minimum absolute atomic E-state index is 0.0395. The maximum atomic E-state index is 13.2. The van der Waals surface area contributed by atoms with E-state index >= 15 is 0 Å². The van der Waals surface area contributed by atoms with Crippen LogP contribution in [0.3, 0.4) is 0 Å². The Labute approximate surface area is 232 Å². The van der Waals surface area contributed by atoms with Gasteiger partial charge in [-0.25, -0.2) is 24.9 Å². The van der Waals surface area contributed by atoms with E-state index in [-0.39, 0.29) is 24.2 Å². The van der Waals surface area contributed by atoms with Crippen molar-refractivity contribution in [3.8, 4) is 40.3 Å². The van der Waals surface area contributed by atoms with Gasteiger partial charge in [0.1, 0.15) is 30.1 Å². The molecule has 0 N–H and O–H groups in total. The van der Waals surface area contributed by atoms with Gasteiger partial charge in [0.25, 0.3) is 0 Å². The quantitative estimate of drug-likeness (QED) is 0.246. The molecule has 0 unspecified atom stereocenters. The molecule has 0 bridgehead atoms. The highest BCUT2D eigenvalue weighted by Gasteiger charge is 2.35. The van der Waals surface area contributed by atoms with E-state index in [1.54, 1.807) is 30.5 Å². The van der Waals surface area contributed by atoms with Crippen molar-refractivity contribution in [2.45, 2.75) is 31.5 Å². The van der Waals surface area contributed by atoms with Crippen LogP contribution in [0, 0.1) is 0 Å². The summed E-state index contributed by atoms with van der Waals surface area (Å²) < 4.78 is 58.1. The SMILES string of the molecule is COc1cc(-c2nc(C(F)(F)F)cn2C)ccc1COc1nc(-c2c(OC)ncnc2C2CC2)nc2cccnc12. The van der Waals surface area contributed by atoms with Gasteiger partial charge in [0.05, 0.1) is 25.4 Å². The van der Waals surface area contributed by atoms with Crippen molar-refractivity contribution >= 4 is 11.0 Å². The monoisotopic (exact) mass is 563 g/mol. The van der Waals surface area contributed by atoms with Crippen LogP contribution in [0.5, 0.6) is 17.5 Å². The molecule has 1 aliphatic rings. The third-order valence-corrected chi connectivity index (χ3v) is 6.72. The highest BCUT2D eigenvalue weighted by atomic mass is 19.4. The molecule has 4 aromatic heterocycles. The van der Waals surface area contributed by atoms with Crippen molar-refractivity contribution in [3.63, 3.8) is 0 Å². The number of hydrogen-bond acceptors (Lipinski definition) is 9. The highest BCUT2D eigenvalue weighted by molar-refractivity contribution is 5.82. The summed E-state index contributed by atoms with van der Waals surface area (Å²) in [6.07, 6.45) is 1.52. The summed E-state index contributed by atoms with van der Waals surface area (Å²) in [5, 5.41) is 0. The van der Waals surface area contributed by atoms with E-state index in [1.807, 2.05) is 6.07 Å². The number of benzene rings is 1. The van der Waals surface area contributed by atoms with Crippen LogP contribution in [0.2, 0.25) is 0 Å². The molecule has 0 amide bonds. The standard InChI is InChI=1S/C28H24F3N7O3/c1-38-12-20(28(29,30)31)36-25(38)16-8-9-17(19(11-16)39-2)13-41-27-23-18(5-4-10-32-23)35-24(37-27)21-22(15-6-7-15)33-14-34-26(21)40-3/h4-5,8-12,14-15H,6-7,13H2,1-3H3. The number of pyridine rings is 1. The van der Waals surface area contributed by atoms with Gasteiger partial charge in [0.15, 0.2) is 17.0 Å². The normalized spacial score (nSPS) is 13.4. The van der Waals surface area contributed by atoms with Crippen LogP contribution in [-0.4, -0.2) is 48.7 Å². The zero-order chi connectivity index (χ0) is 28.7. The lowest BCUT2D eigenvalue weighted by Gasteiger charge is -2.14. The van der Waals surface area contributed by atoms with Crippen LogP contribution >= 0.6 is 0 Å². The number of hydrogen-bond donors (Lipinski definition) is 0. The predicted octanol–water partition coefficient (Wildman–Crippen LogP) is 5.37. The number of rotatable bonds is 8. The molecule has 0 atom stereocenters. The first-order valence-corrected chi connectivity index (χ1v) is 12.7. The number of imidazole rings is 1. The summed E-state index contributed by atoms with van der Waals surface area (Å²) in [6, 6.07) is 8.58. The fourth-order valence-corrected chi connectivity index (χ4v) is 4.59. The molecule has 210 valence electrons. The number of ether oxygens (including phenoxy) is 3. The van der Waals surface area contributed by atoms with Crippen molar-refractivity contribution in [1.82, 2.24) is 34.5 Å². The smallest absolute Gasteiger partial charge is 0.434 e. The topological polar surface area (TPSA) is 110 Å². The maximum absolute atomic E-state index is 13.2. The predicted molar refractivity (Wildman–Crippen MR) is 141 cm³/mol. The average Bonchev–Trinajstić information content (AvgIpc) is 3.75. The number of fused-ring (bicyclic) bond motifs is 1. The first-order valence-electron chi connectivity index (χ1n) is 12.7. The Morgan fingerprint density at radius 3 is 2.51 bits per heavy atom. The van der Waals surface area contributed by atoms with Gasteiger partial charge in [0, 0.05) is 36.5 Å². The molecule has 0 spiro atoms. The molecule has 10 nitrogen and oxygen atoms in total. The van der Waals surface area contributed by atoms with E-state index < -0.39 is 11.9 Å². The molecule has 6 rings (SSSR count). The third kappa shape index (κ3) is 5.10. The lowest BCUT2D eigenvalue weighted by atomic mass is 10.1. The molecule has 41 heavy (non-hydrogen) atoms. The fraction of sp³-hybridized carbons (Fsp3) is 0.286. The second-order valence-corrected chi connectivity index (χ2v) is 9.51. The highest BCUT2D eigenvalue weighted by Crippen LogP contribution is 2.45. The first kappa shape index (κ1) is 26.4. The van der Waals surface area contributed by atoms with E-state index in [9.17, 15) is 13.2 Å². The van der Waals surface area contributed by atoms with Gasteiger partial charge in [-0.3, -0.25) is 0 Å². The van der Waals surface area contributed by atoms with Crippen molar-refractivity contribution in [3.05, 3.63) is 66.0 Å². The van der Waals surface area contributed by atoms with Crippen LogP contribution in [0.25, 0.3) is 33.8 Å². The van der Waals surface area contributed by atoms with Crippen LogP contribution in [0.15, 0.2) is 49.1 Å². The van der Waals surface area contributed by atoms with Gasteiger partial charge < -0.3 is 18.8 Å². The van der Waals surface area contributed by atoms with Crippen molar-refractivity contribution in [2.75, 3.05) is 14.2 Å². The summed E-state index contributed by atoms with van der Waals surface area (Å²) >= 11 is 0. The molecular weight excluding hydrogens is 539 g/mol. The molecule has 4 heterocycles. The van der Waals surface area contributed by atoms with Gasteiger partial charge in [-0.2, -0.15) is 18.2 Å². The second kappa shape index (κ2) is 10.3. The van der Waals surface area contributed by atoms with Crippen LogP contribution in [0.1, 0.15) is 35.7 Å². The molecular formula is C28H24F3N7O3. The Hall–Kier alpha value is -4.81. The number of alkyl halides is 3. The summed E-state index contributed by atoms with van der Waals surface area (Å²) in [5.41, 5.74) is 2.61. The van der Waals surface area contributed by atoms with Gasteiger partial charge >= 0.3 is 6.18 Å². The van der Waals surface area contributed by atoms with Crippen molar-refractivity contribution in [1.29, 1.82) is 0 Å². The number of methoxy groups -OCH3 is 2. The zero-order valence-corrected chi connectivity index (χ0v) is 22.3. The fourth-order valence-electron chi connectivity index (χ4n) is 4.59. The lowest BCUT2D eigenvalue weighted by molar-refractivity contribution is -0.140. The van der Waals surface area contributed by atoms with Crippen LogP contribution in [-0.2, 0) is 19.8 Å². The third-order valence-electron chi connectivity index (χ3n) is 6.72. The molecule has 1 saturated carbocycles. The largest absolute Gasteiger partial charge is 0.496 e. The molecule has 0 radical (unpaired) electrons. The molecule has 13 heteroatoms. The lowest BCUT2D eigenvalue weighted by Crippen LogP contribution is -2.06. The maximum Gasteiger partial charge on any atom is 0.434 e. The van der Waals surface area contributed by atoms with Gasteiger partial charge in [0.2, 0.25) is 11.8 Å². The zero-order valence-electron chi connectivity index (χ0n) is 22.3. The Balaban J connectivity index is 1.35. The minimum atomic E-state index is -4.55. The van der Waals surface area contributed by atoms with Gasteiger partial charge in [-0.15, -0.1) is 0 Å². The Kier molecular flexibility index (Phi) is 6.64. The van der Waals surface area contributed by atoms with E-state index in [0.717, 1.165) is 24.7 Å². The van der Waals surface area contributed by atoms with E-state index in [4.69, 9.17) is 24.2 Å². The molecule has 5 aromatic rings. The molecule has 0 aliphatic heterocycles. The Morgan fingerprint density at radius 1 is 0.976 bits per heavy atom. The Morgan fingerprint density at radius 2 is 1.80 bits per heavy atom. The van der Waals surface area contributed by atoms with E-state index in [1.165, 1.54) is 32.2 Å². The molecule has 1 aliphatic carbocycles. The minimum Gasteiger partial charge on any atom is -0.496 e. The number of halogens is 3. The van der Waals surface area contributed by atoms with Gasteiger partial charge in [-0.1, -0.05) is 12.1 Å². The number of aromatic nitrogens is 7. The van der Waals surface area contributed by atoms with Crippen molar-refractivity contribution < 1.29 is 27.4 Å². The van der Waals surface area contributed by atoms with Gasteiger partial charge in [-0.05, 0) is 31.0 Å². The van der Waals surface area contributed by atoms with E-state index in [2.05, 4.69) is 19.9 Å².